The first-order chi connectivity index (χ1) is 16.0. The van der Waals surface area contributed by atoms with E-state index in [1.54, 1.807) is 7.11 Å². The number of methoxy groups -OCH3 is 1. The number of hydrogen-bond donors (Lipinski definition) is 1. The average Bonchev–Trinajstić information content (AvgIpc) is 3.29. The quantitative estimate of drug-likeness (QED) is 0.531. The fourth-order valence-electron chi connectivity index (χ4n) is 3.90. The van der Waals surface area contributed by atoms with Crippen molar-refractivity contribution in [3.05, 3.63) is 59.5 Å². The molecule has 1 aliphatic rings. The zero-order valence-corrected chi connectivity index (χ0v) is 19.5. The molecule has 33 heavy (non-hydrogen) atoms. The highest BCUT2D eigenvalue weighted by Crippen LogP contribution is 2.21. The van der Waals surface area contributed by atoms with Gasteiger partial charge in [-0.3, -0.25) is 9.80 Å². The standard InChI is InChI=1S/C25H32N4O4/c1-18-4-5-19(2)23(14-18)32-17-21(30)15-28-10-12-29(13-11-28)16-24-26-25(27-33-24)20-6-8-22(31-3)9-7-20/h4-9,14,21,30H,10-13,15-17H2,1-3H3. The number of piperazine rings is 1. The molecule has 1 atom stereocenters. The maximum absolute atomic E-state index is 10.4. The van der Waals surface area contributed by atoms with Gasteiger partial charge in [0.25, 0.3) is 0 Å². The van der Waals surface area contributed by atoms with Gasteiger partial charge in [-0.1, -0.05) is 17.3 Å². The van der Waals surface area contributed by atoms with E-state index >= 15 is 0 Å². The summed E-state index contributed by atoms with van der Waals surface area (Å²) in [7, 11) is 1.64. The van der Waals surface area contributed by atoms with Gasteiger partial charge >= 0.3 is 0 Å². The molecule has 4 rings (SSSR count). The van der Waals surface area contributed by atoms with Gasteiger partial charge < -0.3 is 19.1 Å². The Morgan fingerprint density at radius 2 is 1.76 bits per heavy atom. The van der Waals surface area contributed by atoms with E-state index in [0.717, 1.165) is 54.4 Å². The molecule has 1 aliphatic heterocycles. The van der Waals surface area contributed by atoms with Crippen molar-refractivity contribution in [2.24, 2.45) is 0 Å². The maximum atomic E-state index is 10.4. The number of benzene rings is 2. The van der Waals surface area contributed by atoms with Crippen LogP contribution in [0.15, 0.2) is 47.0 Å². The van der Waals surface area contributed by atoms with Gasteiger partial charge in [0.1, 0.15) is 24.2 Å². The Bertz CT molecular complexity index is 1030. The molecule has 8 heteroatoms. The van der Waals surface area contributed by atoms with Crippen molar-refractivity contribution in [1.29, 1.82) is 0 Å². The van der Waals surface area contributed by atoms with Crippen LogP contribution in [0, 0.1) is 13.8 Å². The molecule has 1 unspecified atom stereocenters. The Morgan fingerprint density at radius 3 is 2.48 bits per heavy atom. The van der Waals surface area contributed by atoms with Crippen LogP contribution in [0.2, 0.25) is 0 Å². The third kappa shape index (κ3) is 6.31. The van der Waals surface area contributed by atoms with Crippen LogP contribution < -0.4 is 9.47 Å². The van der Waals surface area contributed by atoms with Gasteiger partial charge in [-0.05, 0) is 55.3 Å². The highest BCUT2D eigenvalue weighted by atomic mass is 16.5. The van der Waals surface area contributed by atoms with E-state index in [2.05, 4.69) is 26.0 Å². The molecule has 176 valence electrons. The fraction of sp³-hybridized carbons (Fsp3) is 0.440. The Hall–Kier alpha value is -2.94. The van der Waals surface area contributed by atoms with E-state index in [-0.39, 0.29) is 0 Å². The first kappa shape index (κ1) is 23.2. The summed E-state index contributed by atoms with van der Waals surface area (Å²) in [5.41, 5.74) is 3.13. The van der Waals surface area contributed by atoms with Crippen LogP contribution in [0.25, 0.3) is 11.4 Å². The zero-order valence-electron chi connectivity index (χ0n) is 19.5. The summed E-state index contributed by atoms with van der Waals surface area (Å²) in [4.78, 5) is 9.09. The molecule has 3 aromatic rings. The smallest absolute Gasteiger partial charge is 0.241 e. The molecule has 1 fully saturated rings. The second kappa shape index (κ2) is 10.8. The maximum Gasteiger partial charge on any atom is 0.241 e. The van der Waals surface area contributed by atoms with Crippen LogP contribution >= 0.6 is 0 Å². The number of hydrogen-bond acceptors (Lipinski definition) is 8. The molecule has 0 bridgehead atoms. The summed E-state index contributed by atoms with van der Waals surface area (Å²) >= 11 is 0. The van der Waals surface area contributed by atoms with Gasteiger partial charge in [-0.15, -0.1) is 0 Å². The van der Waals surface area contributed by atoms with Gasteiger partial charge in [0.2, 0.25) is 11.7 Å². The van der Waals surface area contributed by atoms with Gasteiger partial charge in [-0.2, -0.15) is 4.98 Å². The summed E-state index contributed by atoms with van der Waals surface area (Å²) in [5, 5.41) is 14.6. The third-order valence-electron chi connectivity index (χ3n) is 5.88. The number of aliphatic hydroxyl groups is 1. The molecule has 2 heterocycles. The minimum Gasteiger partial charge on any atom is -0.497 e. The lowest BCUT2D eigenvalue weighted by molar-refractivity contribution is 0.0425. The number of rotatable bonds is 9. The lowest BCUT2D eigenvalue weighted by Crippen LogP contribution is -2.48. The Balaban J connectivity index is 1.20. The van der Waals surface area contributed by atoms with Crippen molar-refractivity contribution in [2.45, 2.75) is 26.5 Å². The molecule has 0 amide bonds. The number of aliphatic hydroxyl groups excluding tert-OH is 1. The van der Waals surface area contributed by atoms with Gasteiger partial charge in [0.15, 0.2) is 0 Å². The lowest BCUT2D eigenvalue weighted by Gasteiger charge is -2.34. The topological polar surface area (TPSA) is 84.1 Å². The van der Waals surface area contributed by atoms with Crippen molar-refractivity contribution >= 4 is 0 Å². The van der Waals surface area contributed by atoms with Crippen LogP contribution in [0.3, 0.4) is 0 Å². The average molecular weight is 453 g/mol. The number of nitrogens with zero attached hydrogens (tertiary/aromatic N) is 4. The summed E-state index contributed by atoms with van der Waals surface area (Å²) in [5.74, 6) is 2.82. The predicted octanol–water partition coefficient (Wildman–Crippen LogP) is 2.92. The molecule has 0 spiro atoms. The summed E-state index contributed by atoms with van der Waals surface area (Å²) in [6, 6.07) is 13.7. The normalized spacial score (nSPS) is 16.0. The summed E-state index contributed by atoms with van der Waals surface area (Å²) in [6.07, 6.45) is -0.528. The number of aryl methyl sites for hydroxylation is 2. The van der Waals surface area contributed by atoms with Crippen LogP contribution in [0.5, 0.6) is 11.5 Å². The van der Waals surface area contributed by atoms with E-state index < -0.39 is 6.10 Å². The van der Waals surface area contributed by atoms with E-state index in [9.17, 15) is 5.11 Å². The molecule has 1 aromatic heterocycles. The molecule has 0 radical (unpaired) electrons. The molecule has 0 saturated carbocycles. The molecule has 8 nitrogen and oxygen atoms in total. The predicted molar refractivity (Wildman–Crippen MR) is 125 cm³/mol. The van der Waals surface area contributed by atoms with Crippen molar-refractivity contribution < 1.29 is 19.1 Å². The summed E-state index contributed by atoms with van der Waals surface area (Å²) in [6.45, 7) is 9.08. The van der Waals surface area contributed by atoms with Crippen LogP contribution in [0.4, 0.5) is 0 Å². The van der Waals surface area contributed by atoms with Gasteiger partial charge in [0.05, 0.1) is 13.7 Å². The van der Waals surface area contributed by atoms with E-state index in [1.165, 1.54) is 0 Å². The number of β-amino-alcohol motifs (C(OH)–C–C–N with tert-alkyl or cyclic N) is 1. The van der Waals surface area contributed by atoms with Crippen LogP contribution in [0.1, 0.15) is 17.0 Å². The van der Waals surface area contributed by atoms with E-state index in [0.29, 0.717) is 31.4 Å². The largest absolute Gasteiger partial charge is 0.497 e. The van der Waals surface area contributed by atoms with Gasteiger partial charge in [-0.25, -0.2) is 0 Å². The van der Waals surface area contributed by atoms with E-state index in [4.69, 9.17) is 14.0 Å². The number of aromatic nitrogens is 2. The second-order valence-corrected chi connectivity index (χ2v) is 8.55. The minimum atomic E-state index is -0.528. The number of ether oxygens (including phenoxy) is 2. The first-order valence-corrected chi connectivity index (χ1v) is 11.3. The fourth-order valence-corrected chi connectivity index (χ4v) is 3.90. The lowest BCUT2D eigenvalue weighted by atomic mass is 10.1. The highest BCUT2D eigenvalue weighted by Gasteiger charge is 2.21. The van der Waals surface area contributed by atoms with E-state index in [1.807, 2.05) is 50.2 Å². The van der Waals surface area contributed by atoms with Crippen molar-refractivity contribution in [2.75, 3.05) is 46.4 Å². The third-order valence-corrected chi connectivity index (χ3v) is 5.88. The Morgan fingerprint density at radius 1 is 1.03 bits per heavy atom. The second-order valence-electron chi connectivity index (χ2n) is 8.55. The zero-order chi connectivity index (χ0) is 23.2. The molecule has 1 saturated heterocycles. The Labute approximate surface area is 194 Å². The molecular formula is C25H32N4O4. The SMILES string of the molecule is COc1ccc(-c2noc(CN3CCN(CC(O)COc4cc(C)ccc4C)CC3)n2)cc1. The van der Waals surface area contributed by atoms with Crippen molar-refractivity contribution in [3.8, 4) is 22.9 Å². The Kier molecular flexibility index (Phi) is 7.59. The minimum absolute atomic E-state index is 0.292. The first-order valence-electron chi connectivity index (χ1n) is 11.3. The monoisotopic (exact) mass is 452 g/mol. The molecule has 1 N–H and O–H groups in total. The highest BCUT2D eigenvalue weighted by molar-refractivity contribution is 5.55. The van der Waals surface area contributed by atoms with Crippen LogP contribution in [-0.2, 0) is 6.54 Å². The van der Waals surface area contributed by atoms with Crippen molar-refractivity contribution in [3.63, 3.8) is 0 Å². The van der Waals surface area contributed by atoms with Crippen molar-refractivity contribution in [1.82, 2.24) is 19.9 Å². The molecule has 0 aliphatic carbocycles. The molecule has 2 aromatic carbocycles. The van der Waals surface area contributed by atoms with Gasteiger partial charge in [0, 0.05) is 38.3 Å². The summed E-state index contributed by atoms with van der Waals surface area (Å²) < 4.78 is 16.5. The molecular weight excluding hydrogens is 420 g/mol. The van der Waals surface area contributed by atoms with Crippen LogP contribution in [-0.4, -0.2) is 77.6 Å².